The predicted molar refractivity (Wildman–Crippen MR) is 133 cm³/mol. The van der Waals surface area contributed by atoms with Crippen LogP contribution >= 0.6 is 0 Å². The van der Waals surface area contributed by atoms with Gasteiger partial charge in [-0.2, -0.15) is 0 Å². The van der Waals surface area contributed by atoms with Crippen LogP contribution in [0.1, 0.15) is 27.2 Å². The lowest BCUT2D eigenvalue weighted by Crippen LogP contribution is -2.48. The van der Waals surface area contributed by atoms with Crippen LogP contribution in [0.2, 0.25) is 0 Å². The quantitative estimate of drug-likeness (QED) is 0.441. The van der Waals surface area contributed by atoms with Crippen LogP contribution in [-0.2, 0) is 19.6 Å². The number of hydrogen-bond acceptors (Lipinski definition) is 6. The highest BCUT2D eigenvalue weighted by atomic mass is 32.2. The Labute approximate surface area is 226 Å². The van der Waals surface area contributed by atoms with Crippen molar-refractivity contribution in [1.29, 1.82) is 0 Å². The molecule has 0 saturated heterocycles. The lowest BCUT2D eigenvalue weighted by atomic mass is 10.0. The van der Waals surface area contributed by atoms with E-state index in [2.05, 4.69) is 10.6 Å². The van der Waals surface area contributed by atoms with Crippen molar-refractivity contribution < 1.29 is 49.4 Å². The van der Waals surface area contributed by atoms with Crippen LogP contribution in [0.3, 0.4) is 0 Å². The molecule has 0 aromatic heterocycles. The van der Waals surface area contributed by atoms with E-state index in [1.807, 2.05) is 0 Å². The standard InChI is InChI=1S/C25H26F5N3O6S/c1-24(2,25(3,29)30)39-23(35)32-13-4-7-21-20(8-13)33(40(36,37)15-5-6-17(26)19(28)9-15)12-14(38-21)11-31-22(34)16-10-18(16)27/h4-9,14,16,18H,10-12H2,1-3H3,(H,31,34)(H,32,35). The summed E-state index contributed by atoms with van der Waals surface area (Å²) in [5.74, 6) is -7.42. The van der Waals surface area contributed by atoms with Gasteiger partial charge in [-0.1, -0.05) is 0 Å². The van der Waals surface area contributed by atoms with Crippen molar-refractivity contribution in [3.8, 4) is 5.75 Å². The predicted octanol–water partition coefficient (Wildman–Crippen LogP) is 4.38. The molecule has 3 atom stereocenters. The van der Waals surface area contributed by atoms with E-state index in [-0.39, 0.29) is 30.1 Å². The van der Waals surface area contributed by atoms with Crippen molar-refractivity contribution in [3.05, 3.63) is 48.0 Å². The molecule has 1 heterocycles. The summed E-state index contributed by atoms with van der Waals surface area (Å²) in [5, 5.41) is 4.76. The first-order valence-electron chi connectivity index (χ1n) is 12.1. The van der Waals surface area contributed by atoms with Crippen LogP contribution < -0.4 is 19.7 Å². The van der Waals surface area contributed by atoms with E-state index in [9.17, 15) is 40.0 Å². The van der Waals surface area contributed by atoms with E-state index in [1.165, 1.54) is 12.1 Å². The number of carbonyl (C=O) groups is 2. The fraction of sp³-hybridized carbons (Fsp3) is 0.440. The molecule has 9 nitrogen and oxygen atoms in total. The molecule has 2 aliphatic rings. The first-order chi connectivity index (χ1) is 18.5. The smallest absolute Gasteiger partial charge is 0.412 e. The number of fused-ring (bicyclic) bond motifs is 1. The van der Waals surface area contributed by atoms with Gasteiger partial charge in [0.05, 0.1) is 29.6 Å². The molecule has 0 bridgehead atoms. The molecule has 40 heavy (non-hydrogen) atoms. The Kier molecular flexibility index (Phi) is 7.64. The van der Waals surface area contributed by atoms with Gasteiger partial charge in [0.2, 0.25) is 5.91 Å². The number of sulfonamides is 1. The summed E-state index contributed by atoms with van der Waals surface area (Å²) in [6, 6.07) is 5.74. The summed E-state index contributed by atoms with van der Waals surface area (Å²) in [6.07, 6.45) is -3.37. The van der Waals surface area contributed by atoms with Gasteiger partial charge in [-0.25, -0.2) is 35.2 Å². The van der Waals surface area contributed by atoms with Gasteiger partial charge in [0.25, 0.3) is 15.9 Å². The number of rotatable bonds is 8. The summed E-state index contributed by atoms with van der Waals surface area (Å²) in [5.41, 5.74) is -2.35. The second-order valence-corrected chi connectivity index (χ2v) is 11.9. The molecule has 218 valence electrons. The van der Waals surface area contributed by atoms with Gasteiger partial charge in [-0.15, -0.1) is 0 Å². The van der Waals surface area contributed by atoms with Gasteiger partial charge in [-0.05, 0) is 56.7 Å². The van der Waals surface area contributed by atoms with E-state index in [4.69, 9.17) is 9.47 Å². The molecule has 3 unspecified atom stereocenters. The lowest BCUT2D eigenvalue weighted by molar-refractivity contribution is -0.147. The Morgan fingerprint density at radius 1 is 1.10 bits per heavy atom. The minimum Gasteiger partial charge on any atom is -0.484 e. The second kappa shape index (κ2) is 10.4. The van der Waals surface area contributed by atoms with Crippen molar-refractivity contribution in [2.24, 2.45) is 5.92 Å². The zero-order valence-corrected chi connectivity index (χ0v) is 22.3. The number of nitrogens with zero attached hydrogens (tertiary/aromatic N) is 1. The maximum atomic E-state index is 13.9. The van der Waals surface area contributed by atoms with Gasteiger partial charge in [-0.3, -0.25) is 14.4 Å². The molecule has 0 spiro atoms. The Balaban J connectivity index is 1.63. The number of benzene rings is 2. The Morgan fingerprint density at radius 3 is 2.38 bits per heavy atom. The van der Waals surface area contributed by atoms with E-state index in [0.717, 1.165) is 30.3 Å². The van der Waals surface area contributed by atoms with E-state index in [1.54, 1.807) is 0 Å². The molecule has 15 heteroatoms. The first-order valence-corrected chi connectivity index (χ1v) is 13.5. The Hall–Kier alpha value is -3.62. The average Bonchev–Trinajstić information content (AvgIpc) is 3.59. The minimum atomic E-state index is -4.56. The molecular weight excluding hydrogens is 565 g/mol. The highest BCUT2D eigenvalue weighted by Gasteiger charge is 2.46. The SMILES string of the molecule is CC(F)(F)C(C)(C)OC(=O)Nc1ccc2c(c1)N(S(=O)(=O)c1ccc(F)c(F)c1)CC(CNC(=O)C1CC1F)O2. The maximum Gasteiger partial charge on any atom is 0.412 e. The second-order valence-electron chi connectivity index (χ2n) is 10.1. The van der Waals surface area contributed by atoms with Crippen molar-refractivity contribution in [2.75, 3.05) is 22.7 Å². The summed E-state index contributed by atoms with van der Waals surface area (Å²) < 4.78 is 107. The van der Waals surface area contributed by atoms with Crippen LogP contribution in [0.25, 0.3) is 0 Å². The van der Waals surface area contributed by atoms with E-state index >= 15 is 0 Å². The number of halogens is 5. The van der Waals surface area contributed by atoms with Crippen molar-refractivity contribution >= 4 is 33.4 Å². The summed E-state index contributed by atoms with van der Waals surface area (Å²) in [7, 11) is -4.56. The zero-order valence-electron chi connectivity index (χ0n) is 21.5. The van der Waals surface area contributed by atoms with Crippen LogP contribution in [0, 0.1) is 17.6 Å². The summed E-state index contributed by atoms with van der Waals surface area (Å²) in [4.78, 5) is 23.8. The molecule has 1 aliphatic heterocycles. The minimum absolute atomic E-state index is 0.0224. The normalized spacial score (nSPS) is 20.7. The third-order valence-electron chi connectivity index (χ3n) is 6.57. The van der Waals surface area contributed by atoms with Gasteiger partial charge < -0.3 is 14.8 Å². The Morgan fingerprint density at radius 2 is 1.77 bits per heavy atom. The van der Waals surface area contributed by atoms with Gasteiger partial charge >= 0.3 is 6.09 Å². The number of ether oxygens (including phenoxy) is 2. The van der Waals surface area contributed by atoms with Crippen molar-refractivity contribution in [2.45, 2.75) is 55.9 Å². The lowest BCUT2D eigenvalue weighted by Gasteiger charge is -2.36. The Bertz CT molecular complexity index is 1430. The zero-order chi connectivity index (χ0) is 29.6. The highest BCUT2D eigenvalue weighted by molar-refractivity contribution is 7.92. The van der Waals surface area contributed by atoms with E-state index < -0.39 is 74.8 Å². The molecule has 2 N–H and O–H groups in total. The topological polar surface area (TPSA) is 114 Å². The molecular formula is C25H26F5N3O6S. The van der Waals surface area contributed by atoms with Gasteiger partial charge in [0.1, 0.15) is 18.0 Å². The van der Waals surface area contributed by atoms with Crippen LogP contribution in [0.5, 0.6) is 5.75 Å². The molecule has 2 aromatic carbocycles. The molecule has 2 aromatic rings. The highest BCUT2D eigenvalue weighted by Crippen LogP contribution is 2.40. The van der Waals surface area contributed by atoms with Crippen molar-refractivity contribution in [1.82, 2.24) is 5.32 Å². The van der Waals surface area contributed by atoms with Gasteiger partial charge in [0, 0.05) is 12.6 Å². The third-order valence-corrected chi connectivity index (χ3v) is 8.35. The number of alkyl halides is 3. The van der Waals surface area contributed by atoms with Crippen molar-refractivity contribution in [3.63, 3.8) is 0 Å². The molecule has 4 rings (SSSR count). The molecule has 0 radical (unpaired) electrons. The number of nitrogens with one attached hydrogen (secondary N) is 2. The number of carbonyl (C=O) groups excluding carboxylic acids is 2. The average molecular weight is 592 g/mol. The number of hydrogen-bond donors (Lipinski definition) is 2. The van der Waals surface area contributed by atoms with Crippen LogP contribution in [0.4, 0.5) is 38.1 Å². The molecule has 1 fully saturated rings. The number of anilines is 2. The fourth-order valence-corrected chi connectivity index (χ4v) is 5.24. The largest absolute Gasteiger partial charge is 0.484 e. The third kappa shape index (κ3) is 6.08. The molecule has 2 amide bonds. The monoisotopic (exact) mass is 591 g/mol. The molecule has 1 saturated carbocycles. The first kappa shape index (κ1) is 29.4. The fourth-order valence-electron chi connectivity index (χ4n) is 3.73. The molecule has 1 aliphatic carbocycles. The summed E-state index contributed by atoms with van der Waals surface area (Å²) >= 11 is 0. The van der Waals surface area contributed by atoms with E-state index in [0.29, 0.717) is 19.1 Å². The van der Waals surface area contributed by atoms with Gasteiger partial charge in [0.15, 0.2) is 17.2 Å². The van der Waals surface area contributed by atoms with Crippen LogP contribution in [0.15, 0.2) is 41.3 Å². The maximum absolute atomic E-state index is 13.9. The number of amides is 2. The summed E-state index contributed by atoms with van der Waals surface area (Å²) in [6.45, 7) is 1.99. The van der Waals surface area contributed by atoms with Crippen LogP contribution in [-0.4, -0.2) is 57.3 Å².